The maximum atomic E-state index is 15.3. The molecule has 0 aromatic carbocycles. The summed E-state index contributed by atoms with van der Waals surface area (Å²) in [7, 11) is 0. The second-order valence-electron chi connectivity index (χ2n) is 8.54. The number of H-pyrrole nitrogens is 1. The summed E-state index contributed by atoms with van der Waals surface area (Å²) in [5, 5.41) is 11.9. The maximum Gasteiger partial charge on any atom is 0.150 e. The van der Waals surface area contributed by atoms with Crippen LogP contribution in [0.2, 0.25) is 0 Å². The third-order valence-corrected chi connectivity index (χ3v) is 6.74. The van der Waals surface area contributed by atoms with Crippen molar-refractivity contribution in [3.8, 4) is 11.3 Å². The molecule has 2 fully saturated rings. The van der Waals surface area contributed by atoms with E-state index in [1.165, 1.54) is 24.7 Å². The molecule has 3 aromatic rings. The van der Waals surface area contributed by atoms with Crippen molar-refractivity contribution in [2.45, 2.75) is 25.5 Å². The van der Waals surface area contributed by atoms with E-state index in [1.807, 2.05) is 13.8 Å². The Morgan fingerprint density at radius 1 is 1.17 bits per heavy atom. The molecule has 0 spiro atoms. The molecule has 30 heavy (non-hydrogen) atoms. The molecule has 3 aromatic heterocycles. The Labute approximate surface area is 172 Å². The van der Waals surface area contributed by atoms with Crippen LogP contribution >= 0.6 is 0 Å². The molecular formula is C22H24F2N4O2. The van der Waals surface area contributed by atoms with Crippen molar-refractivity contribution in [1.29, 1.82) is 0 Å². The lowest BCUT2D eigenvalue weighted by atomic mass is 9.70. The zero-order valence-electron chi connectivity index (χ0n) is 16.9. The van der Waals surface area contributed by atoms with Gasteiger partial charge in [-0.2, -0.15) is 0 Å². The SMILES string of the molecule is C[C@@H]1CN(C2COC2)C[C@H](C)C1(O)c1cnc(-c2ccnc3[nH]cc(F)c23)cc1F. The van der Waals surface area contributed by atoms with Crippen LogP contribution in [-0.2, 0) is 10.3 Å². The highest BCUT2D eigenvalue weighted by atomic mass is 19.1. The second-order valence-corrected chi connectivity index (χ2v) is 8.54. The fourth-order valence-electron chi connectivity index (χ4n) is 4.91. The molecule has 0 amide bonds. The maximum absolute atomic E-state index is 15.3. The van der Waals surface area contributed by atoms with Crippen molar-refractivity contribution in [2.75, 3.05) is 26.3 Å². The van der Waals surface area contributed by atoms with E-state index < -0.39 is 17.2 Å². The molecule has 0 bridgehead atoms. The second kappa shape index (κ2) is 7.08. The molecule has 2 N–H and O–H groups in total. The highest BCUT2D eigenvalue weighted by Gasteiger charge is 2.49. The van der Waals surface area contributed by atoms with Gasteiger partial charge in [0, 0.05) is 60.7 Å². The number of hydrogen-bond acceptors (Lipinski definition) is 5. The van der Waals surface area contributed by atoms with E-state index in [4.69, 9.17) is 4.74 Å². The summed E-state index contributed by atoms with van der Waals surface area (Å²) in [6.45, 7) is 6.62. The molecule has 8 heteroatoms. The van der Waals surface area contributed by atoms with E-state index in [1.54, 1.807) is 6.07 Å². The minimum absolute atomic E-state index is 0.182. The normalized spacial score (nSPS) is 28.0. The first-order chi connectivity index (χ1) is 14.4. The highest BCUT2D eigenvalue weighted by molar-refractivity contribution is 5.92. The summed E-state index contributed by atoms with van der Waals surface area (Å²) < 4.78 is 34.8. The van der Waals surface area contributed by atoms with Gasteiger partial charge in [0.1, 0.15) is 17.1 Å². The number of halogens is 2. The fourth-order valence-corrected chi connectivity index (χ4v) is 4.91. The zero-order valence-corrected chi connectivity index (χ0v) is 16.9. The van der Waals surface area contributed by atoms with Crippen LogP contribution in [0.4, 0.5) is 8.78 Å². The van der Waals surface area contributed by atoms with Crippen molar-refractivity contribution in [3.63, 3.8) is 0 Å². The van der Waals surface area contributed by atoms with Gasteiger partial charge < -0.3 is 14.8 Å². The third kappa shape index (κ3) is 2.85. The summed E-state index contributed by atoms with van der Waals surface area (Å²) >= 11 is 0. The van der Waals surface area contributed by atoms with Gasteiger partial charge in [-0.25, -0.2) is 13.8 Å². The summed E-state index contributed by atoms with van der Waals surface area (Å²) in [5.41, 5.74) is -0.00354. The van der Waals surface area contributed by atoms with Crippen LogP contribution in [0, 0.1) is 23.5 Å². The third-order valence-electron chi connectivity index (χ3n) is 6.74. The number of pyridine rings is 2. The Morgan fingerprint density at radius 3 is 2.53 bits per heavy atom. The topological polar surface area (TPSA) is 74.3 Å². The Hall–Kier alpha value is -2.42. The summed E-state index contributed by atoms with van der Waals surface area (Å²) in [6, 6.07) is 3.26. The predicted molar refractivity (Wildman–Crippen MR) is 108 cm³/mol. The lowest BCUT2D eigenvalue weighted by Gasteiger charge is -2.51. The van der Waals surface area contributed by atoms with E-state index in [0.717, 1.165) is 0 Å². The Balaban J connectivity index is 1.51. The molecular weight excluding hydrogens is 390 g/mol. The standard InChI is InChI=1S/C22H24F2N4O2/c1-12-8-28(14-10-30-11-14)9-13(2)22(12,29)16-6-26-19(5-17(16)23)15-3-4-25-21-20(15)18(24)7-27-21/h3-7,12-14,29H,8-11H2,1-2H3,(H,25,27)/t12-,13+,22?. The quantitative estimate of drug-likeness (QED) is 0.689. The van der Waals surface area contributed by atoms with Crippen LogP contribution in [0.25, 0.3) is 22.3 Å². The predicted octanol–water partition coefficient (Wildman–Crippen LogP) is 3.08. The molecule has 0 saturated carbocycles. The van der Waals surface area contributed by atoms with Gasteiger partial charge in [0.15, 0.2) is 5.82 Å². The first kappa shape index (κ1) is 19.5. The van der Waals surface area contributed by atoms with Gasteiger partial charge in [0.05, 0.1) is 30.3 Å². The van der Waals surface area contributed by atoms with Crippen LogP contribution in [0.3, 0.4) is 0 Å². The number of aromatic nitrogens is 3. The molecule has 3 atom stereocenters. The molecule has 0 aliphatic carbocycles. The molecule has 5 heterocycles. The van der Waals surface area contributed by atoms with Gasteiger partial charge in [0.25, 0.3) is 0 Å². The summed E-state index contributed by atoms with van der Waals surface area (Å²) in [5.74, 6) is -1.37. The molecule has 6 nitrogen and oxygen atoms in total. The molecule has 158 valence electrons. The first-order valence-corrected chi connectivity index (χ1v) is 10.2. The summed E-state index contributed by atoms with van der Waals surface area (Å²) in [6.07, 6.45) is 4.15. The smallest absolute Gasteiger partial charge is 0.150 e. The number of hydrogen-bond donors (Lipinski definition) is 2. The minimum Gasteiger partial charge on any atom is -0.384 e. The number of aliphatic hydroxyl groups is 1. The van der Waals surface area contributed by atoms with Crippen LogP contribution in [0.15, 0.2) is 30.7 Å². The number of nitrogens with one attached hydrogen (secondary N) is 1. The zero-order chi connectivity index (χ0) is 21.0. The van der Waals surface area contributed by atoms with Crippen molar-refractivity contribution >= 4 is 11.0 Å². The largest absolute Gasteiger partial charge is 0.384 e. The fraction of sp³-hybridized carbons (Fsp3) is 0.455. The van der Waals surface area contributed by atoms with Crippen molar-refractivity contribution in [3.05, 3.63) is 47.9 Å². The number of ether oxygens (including phenoxy) is 1. The van der Waals surface area contributed by atoms with E-state index in [-0.39, 0.29) is 22.8 Å². The van der Waals surface area contributed by atoms with Gasteiger partial charge in [0.2, 0.25) is 0 Å². The summed E-state index contributed by atoms with van der Waals surface area (Å²) in [4.78, 5) is 13.6. The number of likely N-dealkylation sites (tertiary alicyclic amines) is 1. The van der Waals surface area contributed by atoms with Crippen LogP contribution < -0.4 is 0 Å². The van der Waals surface area contributed by atoms with E-state index in [0.29, 0.717) is 49.2 Å². The lowest BCUT2D eigenvalue weighted by Crippen LogP contribution is -2.60. The first-order valence-electron chi connectivity index (χ1n) is 10.2. The van der Waals surface area contributed by atoms with Crippen LogP contribution in [-0.4, -0.2) is 57.3 Å². The number of fused-ring (bicyclic) bond motifs is 1. The van der Waals surface area contributed by atoms with E-state index >= 15 is 4.39 Å². The van der Waals surface area contributed by atoms with Gasteiger partial charge in [-0.3, -0.25) is 9.88 Å². The molecule has 0 radical (unpaired) electrons. The Kier molecular flexibility index (Phi) is 4.61. The number of aromatic amines is 1. The molecule has 2 aliphatic rings. The van der Waals surface area contributed by atoms with E-state index in [2.05, 4.69) is 19.9 Å². The van der Waals surface area contributed by atoms with Gasteiger partial charge in [-0.15, -0.1) is 0 Å². The average molecular weight is 414 g/mol. The Bertz CT molecular complexity index is 1090. The number of nitrogens with zero attached hydrogens (tertiary/aromatic N) is 3. The van der Waals surface area contributed by atoms with Crippen molar-refractivity contribution in [2.24, 2.45) is 11.8 Å². The van der Waals surface area contributed by atoms with Crippen molar-refractivity contribution in [1.82, 2.24) is 19.9 Å². The monoisotopic (exact) mass is 414 g/mol. The van der Waals surface area contributed by atoms with Crippen LogP contribution in [0.1, 0.15) is 19.4 Å². The Morgan fingerprint density at radius 2 is 1.90 bits per heavy atom. The van der Waals surface area contributed by atoms with E-state index in [9.17, 15) is 9.50 Å². The highest BCUT2D eigenvalue weighted by Crippen LogP contribution is 2.43. The molecule has 5 rings (SSSR count). The molecule has 1 unspecified atom stereocenters. The van der Waals surface area contributed by atoms with Gasteiger partial charge in [-0.05, 0) is 6.07 Å². The minimum atomic E-state index is -1.33. The number of rotatable bonds is 3. The molecule has 2 aliphatic heterocycles. The van der Waals surface area contributed by atoms with Gasteiger partial charge in [-0.1, -0.05) is 13.8 Å². The van der Waals surface area contributed by atoms with Crippen LogP contribution in [0.5, 0.6) is 0 Å². The lowest BCUT2D eigenvalue weighted by molar-refractivity contribution is -0.152. The molecule has 2 saturated heterocycles. The number of piperidine rings is 1. The average Bonchev–Trinajstić information content (AvgIpc) is 3.06. The van der Waals surface area contributed by atoms with Gasteiger partial charge >= 0.3 is 0 Å². The van der Waals surface area contributed by atoms with Crippen molar-refractivity contribution < 1.29 is 18.6 Å².